The van der Waals surface area contributed by atoms with Crippen LogP contribution in [0.1, 0.15) is 13.8 Å². The lowest BCUT2D eigenvalue weighted by Gasteiger charge is -2.12. The number of rotatable bonds is 5. The van der Waals surface area contributed by atoms with Gasteiger partial charge in [-0.2, -0.15) is 0 Å². The topological polar surface area (TPSA) is 46.5 Å². The van der Waals surface area contributed by atoms with Gasteiger partial charge in [0.15, 0.2) is 0 Å². The third-order valence-electron chi connectivity index (χ3n) is 2.27. The van der Waals surface area contributed by atoms with Gasteiger partial charge >= 0.3 is 5.97 Å². The van der Waals surface area contributed by atoms with Crippen molar-refractivity contribution >= 4 is 21.9 Å². The van der Waals surface area contributed by atoms with Crippen LogP contribution in [0.4, 0.5) is 0 Å². The first kappa shape index (κ1) is 13.8. The Balaban J connectivity index is 2.64. The summed E-state index contributed by atoms with van der Waals surface area (Å²) < 4.78 is 6.51. The van der Waals surface area contributed by atoms with Gasteiger partial charge < -0.3 is 9.84 Å². The van der Waals surface area contributed by atoms with Crippen molar-refractivity contribution in [1.29, 1.82) is 0 Å². The van der Waals surface area contributed by atoms with E-state index in [4.69, 9.17) is 9.84 Å². The molecule has 0 unspecified atom stereocenters. The van der Waals surface area contributed by atoms with Crippen LogP contribution in [0, 0.1) is 5.92 Å². The van der Waals surface area contributed by atoms with Crippen LogP contribution in [0.2, 0.25) is 0 Å². The van der Waals surface area contributed by atoms with Gasteiger partial charge in [-0.1, -0.05) is 29.8 Å². The van der Waals surface area contributed by atoms with E-state index in [9.17, 15) is 4.79 Å². The number of ether oxygens (including phenoxy) is 1. The molecule has 0 fully saturated rings. The fraction of sp³-hybridized carbons (Fsp3) is 0.308. The number of hydrogen-bond acceptors (Lipinski definition) is 2. The second-order valence-electron chi connectivity index (χ2n) is 3.95. The molecule has 0 spiro atoms. The maximum Gasteiger partial charge on any atom is 0.328 e. The minimum atomic E-state index is -0.937. The molecular weight excluding hydrogens is 284 g/mol. The average molecular weight is 299 g/mol. The van der Waals surface area contributed by atoms with Crippen LogP contribution in [0.5, 0.6) is 5.75 Å². The molecule has 4 heteroatoms. The van der Waals surface area contributed by atoms with E-state index in [1.807, 2.05) is 38.1 Å². The van der Waals surface area contributed by atoms with Crippen molar-refractivity contribution < 1.29 is 14.6 Å². The van der Waals surface area contributed by atoms with Crippen molar-refractivity contribution in [3.05, 3.63) is 40.4 Å². The van der Waals surface area contributed by atoms with Crippen LogP contribution in [0.25, 0.3) is 0 Å². The molecule has 17 heavy (non-hydrogen) atoms. The van der Waals surface area contributed by atoms with E-state index in [2.05, 4.69) is 15.9 Å². The summed E-state index contributed by atoms with van der Waals surface area (Å²) in [6.07, 6.45) is 1.21. The molecule has 0 saturated carbocycles. The van der Waals surface area contributed by atoms with E-state index in [1.165, 1.54) is 6.08 Å². The van der Waals surface area contributed by atoms with Gasteiger partial charge in [0, 0.05) is 10.5 Å². The quantitative estimate of drug-likeness (QED) is 0.847. The zero-order valence-corrected chi connectivity index (χ0v) is 11.4. The molecule has 1 aromatic rings. The molecule has 0 aliphatic heterocycles. The Labute approximate surface area is 109 Å². The van der Waals surface area contributed by atoms with Gasteiger partial charge in [0.25, 0.3) is 0 Å². The van der Waals surface area contributed by atoms with E-state index in [0.717, 1.165) is 15.8 Å². The van der Waals surface area contributed by atoms with Crippen LogP contribution in [-0.4, -0.2) is 17.7 Å². The number of benzene rings is 1. The SMILES string of the molecule is CC(C)/C(=C\C(=O)O)COc1ccc(Br)cc1. The summed E-state index contributed by atoms with van der Waals surface area (Å²) in [5.74, 6) is -0.0557. The molecule has 0 amide bonds. The molecule has 92 valence electrons. The van der Waals surface area contributed by atoms with Crippen LogP contribution < -0.4 is 4.74 Å². The summed E-state index contributed by atoms with van der Waals surface area (Å²) >= 11 is 3.34. The number of carbonyl (C=O) groups is 1. The molecule has 0 bridgehead atoms. The Morgan fingerprint density at radius 3 is 2.47 bits per heavy atom. The van der Waals surface area contributed by atoms with E-state index in [0.29, 0.717) is 6.61 Å². The molecular formula is C13H15BrO3. The maximum atomic E-state index is 10.6. The highest BCUT2D eigenvalue weighted by Gasteiger charge is 2.06. The van der Waals surface area contributed by atoms with Gasteiger partial charge in [-0.05, 0) is 35.8 Å². The Kier molecular flexibility index (Phi) is 5.22. The number of hydrogen-bond donors (Lipinski definition) is 1. The number of carboxylic acids is 1. The highest BCUT2D eigenvalue weighted by atomic mass is 79.9. The summed E-state index contributed by atoms with van der Waals surface area (Å²) in [5.41, 5.74) is 0.764. The molecule has 0 heterocycles. The van der Waals surface area contributed by atoms with Gasteiger partial charge in [0.05, 0.1) is 0 Å². The predicted molar refractivity (Wildman–Crippen MR) is 70.2 cm³/mol. The second kappa shape index (κ2) is 6.45. The lowest BCUT2D eigenvalue weighted by molar-refractivity contribution is -0.131. The molecule has 0 atom stereocenters. The van der Waals surface area contributed by atoms with Gasteiger partial charge in [0.1, 0.15) is 12.4 Å². The van der Waals surface area contributed by atoms with Gasteiger partial charge in [-0.3, -0.25) is 0 Å². The van der Waals surface area contributed by atoms with Crippen molar-refractivity contribution in [1.82, 2.24) is 0 Å². The number of carboxylic acid groups (broad SMARTS) is 1. The Morgan fingerprint density at radius 1 is 1.41 bits per heavy atom. The van der Waals surface area contributed by atoms with Crippen molar-refractivity contribution in [3.8, 4) is 5.75 Å². The minimum absolute atomic E-state index is 0.154. The van der Waals surface area contributed by atoms with Crippen molar-refractivity contribution in [2.24, 2.45) is 5.92 Å². The molecule has 0 aliphatic rings. The highest BCUT2D eigenvalue weighted by Crippen LogP contribution is 2.18. The Hall–Kier alpha value is -1.29. The lowest BCUT2D eigenvalue weighted by Crippen LogP contribution is -2.09. The maximum absolute atomic E-state index is 10.6. The summed E-state index contributed by atoms with van der Waals surface area (Å²) in [5, 5.41) is 8.73. The van der Waals surface area contributed by atoms with Gasteiger partial charge in [-0.25, -0.2) is 4.79 Å². The smallest absolute Gasteiger partial charge is 0.328 e. The fourth-order valence-corrected chi connectivity index (χ4v) is 1.50. The van der Waals surface area contributed by atoms with Crippen LogP contribution >= 0.6 is 15.9 Å². The Bertz CT molecular complexity index is 407. The lowest BCUT2D eigenvalue weighted by atomic mass is 10.0. The molecule has 0 aliphatic carbocycles. The van der Waals surface area contributed by atoms with E-state index < -0.39 is 5.97 Å². The second-order valence-corrected chi connectivity index (χ2v) is 4.87. The zero-order valence-electron chi connectivity index (χ0n) is 9.81. The third-order valence-corrected chi connectivity index (χ3v) is 2.80. The van der Waals surface area contributed by atoms with Gasteiger partial charge in [0.2, 0.25) is 0 Å². The number of aliphatic carboxylic acids is 1. The molecule has 0 saturated heterocycles. The molecule has 1 rings (SSSR count). The van der Waals surface area contributed by atoms with Crippen LogP contribution in [0.15, 0.2) is 40.4 Å². The van der Waals surface area contributed by atoms with Crippen LogP contribution in [-0.2, 0) is 4.79 Å². The van der Waals surface area contributed by atoms with E-state index in [1.54, 1.807) is 0 Å². The average Bonchev–Trinajstić information content (AvgIpc) is 2.25. The standard InChI is InChI=1S/C13H15BrO3/c1-9(2)10(7-13(15)16)8-17-12-5-3-11(14)4-6-12/h3-7,9H,8H2,1-2H3,(H,15,16)/b10-7-. The third kappa shape index (κ3) is 5.04. The van der Waals surface area contributed by atoms with Crippen molar-refractivity contribution in [3.63, 3.8) is 0 Å². The normalized spacial score (nSPS) is 11.6. The predicted octanol–water partition coefficient (Wildman–Crippen LogP) is 3.49. The first-order chi connectivity index (χ1) is 7.99. The molecule has 1 N–H and O–H groups in total. The minimum Gasteiger partial charge on any atom is -0.489 e. The Morgan fingerprint density at radius 2 is 2.00 bits per heavy atom. The largest absolute Gasteiger partial charge is 0.489 e. The van der Waals surface area contributed by atoms with Crippen molar-refractivity contribution in [2.45, 2.75) is 13.8 Å². The molecule has 1 aromatic carbocycles. The fourth-order valence-electron chi connectivity index (χ4n) is 1.23. The summed E-state index contributed by atoms with van der Waals surface area (Å²) in [7, 11) is 0. The van der Waals surface area contributed by atoms with Gasteiger partial charge in [-0.15, -0.1) is 0 Å². The first-order valence-electron chi connectivity index (χ1n) is 5.31. The number of halogens is 1. The first-order valence-corrected chi connectivity index (χ1v) is 6.10. The molecule has 0 radical (unpaired) electrons. The van der Waals surface area contributed by atoms with E-state index in [-0.39, 0.29) is 5.92 Å². The summed E-state index contributed by atoms with van der Waals surface area (Å²) in [6.45, 7) is 4.19. The van der Waals surface area contributed by atoms with Crippen molar-refractivity contribution in [2.75, 3.05) is 6.61 Å². The zero-order chi connectivity index (χ0) is 12.8. The van der Waals surface area contributed by atoms with E-state index >= 15 is 0 Å². The monoisotopic (exact) mass is 298 g/mol. The summed E-state index contributed by atoms with van der Waals surface area (Å²) in [6, 6.07) is 7.43. The summed E-state index contributed by atoms with van der Waals surface area (Å²) in [4.78, 5) is 10.6. The molecule has 3 nitrogen and oxygen atoms in total. The molecule has 0 aromatic heterocycles. The highest BCUT2D eigenvalue weighted by molar-refractivity contribution is 9.10. The van der Waals surface area contributed by atoms with Crippen LogP contribution in [0.3, 0.4) is 0 Å².